The van der Waals surface area contributed by atoms with Crippen molar-refractivity contribution in [1.82, 2.24) is 20.4 Å². The molecule has 0 unspecified atom stereocenters. The van der Waals surface area contributed by atoms with Crippen molar-refractivity contribution in [2.75, 3.05) is 26.2 Å². The average molecular weight is 272 g/mol. The fourth-order valence-corrected chi connectivity index (χ4v) is 2.69. The van der Waals surface area contributed by atoms with E-state index in [2.05, 4.69) is 20.4 Å². The van der Waals surface area contributed by atoms with Crippen molar-refractivity contribution >= 4 is 16.8 Å². The fraction of sp³-hybridized carbons (Fsp3) is 0.467. The molecule has 5 heteroatoms. The van der Waals surface area contributed by atoms with Crippen LogP contribution in [0.2, 0.25) is 0 Å². The van der Waals surface area contributed by atoms with E-state index in [1.54, 1.807) is 6.20 Å². The van der Waals surface area contributed by atoms with Gasteiger partial charge in [-0.2, -0.15) is 5.10 Å². The van der Waals surface area contributed by atoms with Gasteiger partial charge in [-0.15, -0.1) is 0 Å². The minimum absolute atomic E-state index is 0.0112. The summed E-state index contributed by atoms with van der Waals surface area (Å²) in [7, 11) is 0. The number of rotatable bonds is 5. The summed E-state index contributed by atoms with van der Waals surface area (Å²) in [5, 5.41) is 10.8. The molecule has 0 atom stereocenters. The molecule has 106 valence electrons. The summed E-state index contributed by atoms with van der Waals surface area (Å²) in [6.45, 7) is 4.24. The molecule has 20 heavy (non-hydrogen) atoms. The van der Waals surface area contributed by atoms with Crippen LogP contribution in [0.3, 0.4) is 0 Å². The van der Waals surface area contributed by atoms with Crippen molar-refractivity contribution in [1.29, 1.82) is 0 Å². The van der Waals surface area contributed by atoms with Crippen LogP contribution < -0.4 is 5.32 Å². The number of carbonyl (C=O) groups excluding carboxylic acids is 1. The highest BCUT2D eigenvalue weighted by Gasteiger charge is 2.11. The van der Waals surface area contributed by atoms with Gasteiger partial charge in [0.25, 0.3) is 5.91 Å². The van der Waals surface area contributed by atoms with E-state index in [0.29, 0.717) is 5.56 Å². The molecular weight excluding hydrogens is 252 g/mol. The van der Waals surface area contributed by atoms with Crippen LogP contribution in [0.25, 0.3) is 10.9 Å². The summed E-state index contributed by atoms with van der Waals surface area (Å²) in [6, 6.07) is 5.60. The van der Waals surface area contributed by atoms with E-state index in [4.69, 9.17) is 0 Å². The molecule has 0 aliphatic carbocycles. The predicted molar refractivity (Wildman–Crippen MR) is 78.7 cm³/mol. The number of aromatic nitrogens is 2. The standard InChI is InChI=1S/C15H20N4O/c20-15(16-6-3-9-19-7-1-2-8-19)12-4-5-13-11-17-18-14(13)10-12/h4-5,10-11H,1-3,6-9H2,(H,16,20)(H,17,18). The molecule has 2 heterocycles. The van der Waals surface area contributed by atoms with Gasteiger partial charge in [0.05, 0.1) is 11.7 Å². The van der Waals surface area contributed by atoms with Crippen LogP contribution in [0, 0.1) is 0 Å². The van der Waals surface area contributed by atoms with Gasteiger partial charge in [-0.1, -0.05) is 6.07 Å². The normalized spacial score (nSPS) is 15.8. The quantitative estimate of drug-likeness (QED) is 0.816. The van der Waals surface area contributed by atoms with E-state index in [1.165, 1.54) is 25.9 Å². The Labute approximate surface area is 118 Å². The maximum atomic E-state index is 12.0. The summed E-state index contributed by atoms with van der Waals surface area (Å²) < 4.78 is 0. The largest absolute Gasteiger partial charge is 0.352 e. The number of nitrogens with one attached hydrogen (secondary N) is 2. The highest BCUT2D eigenvalue weighted by Crippen LogP contribution is 2.12. The van der Waals surface area contributed by atoms with Gasteiger partial charge >= 0.3 is 0 Å². The Morgan fingerprint density at radius 1 is 1.35 bits per heavy atom. The lowest BCUT2D eigenvalue weighted by Crippen LogP contribution is -2.28. The van der Waals surface area contributed by atoms with Crippen molar-refractivity contribution < 1.29 is 4.79 Å². The van der Waals surface area contributed by atoms with Crippen LogP contribution in [0.1, 0.15) is 29.6 Å². The van der Waals surface area contributed by atoms with Crippen LogP contribution in [-0.2, 0) is 0 Å². The molecule has 1 aliphatic rings. The molecule has 3 rings (SSSR count). The van der Waals surface area contributed by atoms with Gasteiger partial charge < -0.3 is 10.2 Å². The summed E-state index contributed by atoms with van der Waals surface area (Å²) in [5.74, 6) is -0.0112. The van der Waals surface area contributed by atoms with Gasteiger partial charge in [-0.05, 0) is 51.0 Å². The molecule has 0 spiro atoms. The lowest BCUT2D eigenvalue weighted by atomic mass is 10.1. The van der Waals surface area contributed by atoms with Crippen LogP contribution >= 0.6 is 0 Å². The second-order valence-electron chi connectivity index (χ2n) is 5.33. The van der Waals surface area contributed by atoms with Crippen molar-refractivity contribution in [3.8, 4) is 0 Å². The van der Waals surface area contributed by atoms with Crippen molar-refractivity contribution in [3.05, 3.63) is 30.0 Å². The number of amides is 1. The monoisotopic (exact) mass is 272 g/mol. The average Bonchev–Trinajstić information content (AvgIpc) is 3.13. The number of benzene rings is 1. The van der Waals surface area contributed by atoms with Gasteiger partial charge in [-0.25, -0.2) is 0 Å². The van der Waals surface area contributed by atoms with Crippen molar-refractivity contribution in [2.24, 2.45) is 0 Å². The van der Waals surface area contributed by atoms with E-state index in [9.17, 15) is 4.79 Å². The lowest BCUT2D eigenvalue weighted by molar-refractivity contribution is 0.0952. The number of fused-ring (bicyclic) bond motifs is 1. The third-order valence-electron chi connectivity index (χ3n) is 3.84. The van der Waals surface area contributed by atoms with E-state index in [-0.39, 0.29) is 5.91 Å². The summed E-state index contributed by atoms with van der Waals surface area (Å²) in [6.07, 6.45) is 5.40. The summed E-state index contributed by atoms with van der Waals surface area (Å²) >= 11 is 0. The third kappa shape index (κ3) is 2.99. The van der Waals surface area contributed by atoms with Gasteiger partial charge in [0, 0.05) is 17.5 Å². The summed E-state index contributed by atoms with van der Waals surface area (Å²) in [5.41, 5.74) is 1.58. The van der Waals surface area contributed by atoms with Crippen LogP contribution in [-0.4, -0.2) is 47.2 Å². The zero-order valence-electron chi connectivity index (χ0n) is 11.6. The topological polar surface area (TPSA) is 61.0 Å². The zero-order valence-corrected chi connectivity index (χ0v) is 11.6. The Hall–Kier alpha value is -1.88. The van der Waals surface area contributed by atoms with Crippen LogP contribution in [0.4, 0.5) is 0 Å². The fourth-order valence-electron chi connectivity index (χ4n) is 2.69. The Bertz CT molecular complexity index is 586. The highest BCUT2D eigenvalue weighted by molar-refractivity contribution is 5.97. The molecule has 0 radical (unpaired) electrons. The smallest absolute Gasteiger partial charge is 0.251 e. The predicted octanol–water partition coefficient (Wildman–Crippen LogP) is 1.78. The first-order chi connectivity index (χ1) is 9.83. The number of hydrogen-bond donors (Lipinski definition) is 2. The first-order valence-electron chi connectivity index (χ1n) is 7.26. The Morgan fingerprint density at radius 3 is 3.05 bits per heavy atom. The molecule has 1 fully saturated rings. The Balaban J connectivity index is 1.48. The molecule has 2 aromatic rings. The van der Waals surface area contributed by atoms with Gasteiger partial charge in [0.15, 0.2) is 0 Å². The van der Waals surface area contributed by atoms with Crippen molar-refractivity contribution in [3.63, 3.8) is 0 Å². The maximum absolute atomic E-state index is 12.0. The van der Waals surface area contributed by atoms with Crippen molar-refractivity contribution in [2.45, 2.75) is 19.3 Å². The Morgan fingerprint density at radius 2 is 2.20 bits per heavy atom. The molecule has 5 nitrogen and oxygen atoms in total. The lowest BCUT2D eigenvalue weighted by Gasteiger charge is -2.14. The molecule has 1 saturated heterocycles. The zero-order chi connectivity index (χ0) is 13.8. The van der Waals surface area contributed by atoms with Crippen LogP contribution in [0.5, 0.6) is 0 Å². The summed E-state index contributed by atoms with van der Waals surface area (Å²) in [4.78, 5) is 14.5. The number of H-pyrrole nitrogens is 1. The maximum Gasteiger partial charge on any atom is 0.251 e. The minimum atomic E-state index is -0.0112. The number of nitrogens with zero attached hydrogens (tertiary/aromatic N) is 2. The SMILES string of the molecule is O=C(NCCCN1CCCC1)c1ccc2cn[nH]c2c1. The molecule has 0 saturated carbocycles. The molecule has 1 amide bonds. The molecule has 0 bridgehead atoms. The number of carbonyl (C=O) groups is 1. The van der Waals surface area contributed by atoms with E-state index < -0.39 is 0 Å². The molecular formula is C15H20N4O. The molecule has 1 aromatic heterocycles. The second-order valence-corrected chi connectivity index (χ2v) is 5.33. The molecule has 2 N–H and O–H groups in total. The molecule has 1 aromatic carbocycles. The minimum Gasteiger partial charge on any atom is -0.352 e. The van der Waals surface area contributed by atoms with E-state index in [1.807, 2.05) is 18.2 Å². The van der Waals surface area contributed by atoms with E-state index >= 15 is 0 Å². The van der Waals surface area contributed by atoms with Gasteiger partial charge in [0.2, 0.25) is 0 Å². The Kier molecular flexibility index (Phi) is 3.97. The van der Waals surface area contributed by atoms with E-state index in [0.717, 1.165) is 30.4 Å². The third-order valence-corrected chi connectivity index (χ3v) is 3.84. The molecule has 1 aliphatic heterocycles. The number of aromatic amines is 1. The van der Waals surface area contributed by atoms with Crippen LogP contribution in [0.15, 0.2) is 24.4 Å². The van der Waals surface area contributed by atoms with Gasteiger partial charge in [0.1, 0.15) is 0 Å². The second kappa shape index (κ2) is 6.05. The highest BCUT2D eigenvalue weighted by atomic mass is 16.1. The first kappa shape index (κ1) is 13.1. The first-order valence-corrected chi connectivity index (χ1v) is 7.26. The number of hydrogen-bond acceptors (Lipinski definition) is 3. The number of likely N-dealkylation sites (tertiary alicyclic amines) is 1. The van der Waals surface area contributed by atoms with Gasteiger partial charge in [-0.3, -0.25) is 9.89 Å².